The average Bonchev–Trinajstić information content (AvgIpc) is 3.82. The van der Waals surface area contributed by atoms with E-state index in [2.05, 4.69) is 228 Å². The molecular weight excluding hydrogens is 737 g/mol. The molecule has 0 amide bonds. The highest BCUT2D eigenvalue weighted by molar-refractivity contribution is 7.26. The van der Waals surface area contributed by atoms with Crippen LogP contribution in [-0.2, 0) is 5.41 Å². The molecule has 12 rings (SSSR count). The Labute approximate surface area is 347 Å². The van der Waals surface area contributed by atoms with Crippen molar-refractivity contribution >= 4 is 65.6 Å². The average molecular weight is 773 g/mol. The first-order valence-corrected chi connectivity index (χ1v) is 20.9. The molecule has 278 valence electrons. The van der Waals surface area contributed by atoms with Crippen molar-refractivity contribution in [1.82, 2.24) is 0 Å². The van der Waals surface area contributed by atoms with Crippen LogP contribution in [0.1, 0.15) is 22.3 Å². The fourth-order valence-electron chi connectivity index (χ4n) is 9.74. The highest BCUT2D eigenvalue weighted by Gasteiger charge is 2.51. The van der Waals surface area contributed by atoms with Crippen molar-refractivity contribution in [3.8, 4) is 22.6 Å². The monoisotopic (exact) mass is 772 g/mol. The van der Waals surface area contributed by atoms with Crippen LogP contribution in [0.5, 0.6) is 11.5 Å². The topological polar surface area (TPSA) is 15.7 Å². The number of fused-ring (bicyclic) bond motifs is 12. The minimum Gasteiger partial charge on any atom is -0.457 e. The minimum absolute atomic E-state index is 0.597. The number of hydrogen-bond donors (Lipinski definition) is 0. The van der Waals surface area contributed by atoms with E-state index in [9.17, 15) is 0 Å². The van der Waals surface area contributed by atoms with Crippen molar-refractivity contribution < 1.29 is 4.74 Å². The van der Waals surface area contributed by atoms with Crippen molar-refractivity contribution in [2.75, 3.05) is 9.80 Å². The van der Waals surface area contributed by atoms with Crippen LogP contribution >= 0.6 is 11.3 Å². The molecule has 0 fully saturated rings. The molecule has 0 N–H and O–H groups in total. The molecule has 2 heterocycles. The largest absolute Gasteiger partial charge is 0.457 e. The molecule has 59 heavy (non-hydrogen) atoms. The number of nitrogens with zero attached hydrogens (tertiary/aromatic N) is 2. The smallest absolute Gasteiger partial charge is 0.132 e. The van der Waals surface area contributed by atoms with Gasteiger partial charge in [-0.15, -0.1) is 11.3 Å². The number of ether oxygens (including phenoxy) is 1. The molecule has 10 aromatic rings. The van der Waals surface area contributed by atoms with E-state index in [1.807, 2.05) is 11.3 Å². The summed E-state index contributed by atoms with van der Waals surface area (Å²) < 4.78 is 9.20. The van der Waals surface area contributed by atoms with Gasteiger partial charge < -0.3 is 14.5 Å². The van der Waals surface area contributed by atoms with Crippen LogP contribution < -0.4 is 14.5 Å². The van der Waals surface area contributed by atoms with Crippen molar-refractivity contribution in [1.29, 1.82) is 0 Å². The van der Waals surface area contributed by atoms with Crippen LogP contribution in [0.3, 0.4) is 0 Å². The predicted octanol–water partition coefficient (Wildman–Crippen LogP) is 15.5. The minimum atomic E-state index is -0.597. The van der Waals surface area contributed by atoms with Crippen LogP contribution in [0.2, 0.25) is 0 Å². The lowest BCUT2D eigenvalue weighted by atomic mass is 9.66. The molecule has 0 unspecified atom stereocenters. The summed E-state index contributed by atoms with van der Waals surface area (Å²) in [7, 11) is 0. The van der Waals surface area contributed by atoms with E-state index in [0.717, 1.165) is 56.8 Å². The maximum Gasteiger partial charge on any atom is 0.132 e. The van der Waals surface area contributed by atoms with Gasteiger partial charge in [0.2, 0.25) is 0 Å². The molecule has 4 heteroatoms. The third kappa shape index (κ3) is 5.00. The molecule has 3 nitrogen and oxygen atoms in total. The van der Waals surface area contributed by atoms with Gasteiger partial charge in [-0.05, 0) is 101 Å². The van der Waals surface area contributed by atoms with Gasteiger partial charge in [0, 0.05) is 54.0 Å². The third-order valence-corrected chi connectivity index (χ3v) is 13.2. The Morgan fingerprint density at radius 1 is 0.373 bits per heavy atom. The lowest BCUT2D eigenvalue weighted by Crippen LogP contribution is -2.32. The van der Waals surface area contributed by atoms with E-state index in [-0.39, 0.29) is 0 Å². The highest BCUT2D eigenvalue weighted by Crippen LogP contribution is 2.63. The number of para-hydroxylation sites is 5. The highest BCUT2D eigenvalue weighted by atomic mass is 32.1. The maximum absolute atomic E-state index is 6.70. The zero-order chi connectivity index (χ0) is 38.9. The van der Waals surface area contributed by atoms with Crippen LogP contribution in [0, 0.1) is 0 Å². The molecule has 1 aliphatic carbocycles. The Morgan fingerprint density at radius 2 is 0.898 bits per heavy atom. The van der Waals surface area contributed by atoms with Gasteiger partial charge >= 0.3 is 0 Å². The number of anilines is 6. The molecule has 0 bridgehead atoms. The number of hydrogen-bond acceptors (Lipinski definition) is 4. The first-order valence-electron chi connectivity index (χ1n) is 20.1. The second-order valence-electron chi connectivity index (χ2n) is 15.2. The Morgan fingerprint density at radius 3 is 1.56 bits per heavy atom. The quantitative estimate of drug-likeness (QED) is 0.167. The summed E-state index contributed by atoms with van der Waals surface area (Å²) in [6.07, 6.45) is 0. The molecule has 2 aliphatic rings. The van der Waals surface area contributed by atoms with Crippen molar-refractivity contribution in [3.05, 3.63) is 241 Å². The Balaban J connectivity index is 1.21. The van der Waals surface area contributed by atoms with Gasteiger partial charge in [0.05, 0.1) is 16.8 Å². The van der Waals surface area contributed by atoms with E-state index < -0.39 is 5.41 Å². The standard InChI is InChI=1S/C55H36N2OS/c1-4-18-37(19-5-1)56(38-20-6-2-7-21-38)48-34-35-52-53(43-25-11-17-31-51(43)59-52)54(48)57(39-22-8-3-9-23-39)40-32-33-42-41-24-10-12-26-44(41)55(47(42)36-40)45-27-13-15-29-49(45)58-50-30-16-14-28-46(50)55/h1-36H. The summed E-state index contributed by atoms with van der Waals surface area (Å²) in [6, 6.07) is 79.1. The van der Waals surface area contributed by atoms with E-state index >= 15 is 0 Å². The van der Waals surface area contributed by atoms with E-state index in [0.29, 0.717) is 0 Å². The Kier molecular flexibility index (Phi) is 7.62. The van der Waals surface area contributed by atoms with Crippen LogP contribution in [0.25, 0.3) is 31.3 Å². The van der Waals surface area contributed by atoms with Gasteiger partial charge in [-0.1, -0.05) is 140 Å². The lowest BCUT2D eigenvalue weighted by molar-refractivity contribution is 0.436. The van der Waals surface area contributed by atoms with Gasteiger partial charge in [0.15, 0.2) is 0 Å². The Bertz CT molecular complexity index is 3130. The number of benzene rings is 9. The molecule has 0 radical (unpaired) electrons. The fourth-order valence-corrected chi connectivity index (χ4v) is 10.8. The second-order valence-corrected chi connectivity index (χ2v) is 16.3. The first-order chi connectivity index (χ1) is 29.3. The second kappa shape index (κ2) is 13.3. The first kappa shape index (κ1) is 33.7. The van der Waals surface area contributed by atoms with E-state index in [1.54, 1.807) is 0 Å². The molecule has 1 aromatic heterocycles. The van der Waals surface area contributed by atoms with Gasteiger partial charge in [0.1, 0.15) is 11.5 Å². The number of thiophene rings is 1. The lowest BCUT2D eigenvalue weighted by Gasteiger charge is -2.40. The van der Waals surface area contributed by atoms with Gasteiger partial charge in [0.25, 0.3) is 0 Å². The van der Waals surface area contributed by atoms with Crippen molar-refractivity contribution in [2.24, 2.45) is 0 Å². The summed E-state index contributed by atoms with van der Waals surface area (Å²) in [6.45, 7) is 0. The SMILES string of the molecule is c1ccc(N(c2ccccc2)c2ccc3sc4ccccc4c3c2N(c2ccccc2)c2ccc3c(c2)C2(c4ccccc4Oc4ccccc42)c2ccccc2-3)cc1. The van der Waals surface area contributed by atoms with Gasteiger partial charge in [-0.2, -0.15) is 0 Å². The normalized spacial score (nSPS) is 13.0. The molecule has 0 saturated carbocycles. The predicted molar refractivity (Wildman–Crippen MR) is 246 cm³/mol. The molecular formula is C55H36N2OS. The zero-order valence-electron chi connectivity index (χ0n) is 32.0. The van der Waals surface area contributed by atoms with Gasteiger partial charge in [-0.3, -0.25) is 0 Å². The molecule has 0 atom stereocenters. The van der Waals surface area contributed by atoms with Crippen LogP contribution in [0.4, 0.5) is 34.1 Å². The van der Waals surface area contributed by atoms with Crippen molar-refractivity contribution in [2.45, 2.75) is 5.41 Å². The molecule has 9 aromatic carbocycles. The summed E-state index contributed by atoms with van der Waals surface area (Å²) >= 11 is 1.85. The van der Waals surface area contributed by atoms with Crippen LogP contribution in [0.15, 0.2) is 218 Å². The maximum atomic E-state index is 6.70. The number of rotatable bonds is 6. The molecule has 1 aliphatic heterocycles. The summed E-state index contributed by atoms with van der Waals surface area (Å²) in [5, 5.41) is 2.47. The third-order valence-electron chi connectivity index (χ3n) is 12.1. The Hall–Kier alpha value is -7.40. The summed E-state index contributed by atoms with van der Waals surface area (Å²) in [5.74, 6) is 1.77. The zero-order valence-corrected chi connectivity index (χ0v) is 32.8. The van der Waals surface area contributed by atoms with E-state index in [1.165, 1.54) is 42.4 Å². The van der Waals surface area contributed by atoms with Crippen LogP contribution in [-0.4, -0.2) is 0 Å². The summed E-state index contributed by atoms with van der Waals surface area (Å²) in [4.78, 5) is 4.91. The fraction of sp³-hybridized carbons (Fsp3) is 0.0182. The van der Waals surface area contributed by atoms with Crippen molar-refractivity contribution in [3.63, 3.8) is 0 Å². The molecule has 1 spiro atoms. The summed E-state index contributed by atoms with van der Waals surface area (Å²) in [5.41, 5.74) is 13.2. The van der Waals surface area contributed by atoms with E-state index in [4.69, 9.17) is 4.74 Å². The van der Waals surface area contributed by atoms with Gasteiger partial charge in [-0.25, -0.2) is 0 Å². The molecule has 0 saturated heterocycles.